The maximum Gasteiger partial charge on any atom is 0.416 e. The highest BCUT2D eigenvalue weighted by molar-refractivity contribution is 5.82. The standard InChI is InChI=1S/C22H23F3O4/c1-4-15(2)28-21(26)14-5-16(3)27-18-10-12-20(13-11-18)29-19-8-6-17(7-9-19)22(23,24)25/h5-16H,4H2,1-3H3/b14-5+. The Hall–Kier alpha value is -2.96. The molecule has 29 heavy (non-hydrogen) atoms. The van der Waals surface area contributed by atoms with Gasteiger partial charge in [-0.2, -0.15) is 13.2 Å². The van der Waals surface area contributed by atoms with Crippen LogP contribution in [0.5, 0.6) is 17.2 Å². The number of benzene rings is 2. The van der Waals surface area contributed by atoms with Crippen LogP contribution in [0.15, 0.2) is 60.7 Å². The van der Waals surface area contributed by atoms with Crippen LogP contribution in [0.3, 0.4) is 0 Å². The van der Waals surface area contributed by atoms with Crippen LogP contribution >= 0.6 is 0 Å². The van der Waals surface area contributed by atoms with Crippen molar-refractivity contribution < 1.29 is 32.2 Å². The number of carbonyl (C=O) groups excluding carboxylic acids is 1. The number of ether oxygens (including phenoxy) is 3. The highest BCUT2D eigenvalue weighted by Gasteiger charge is 2.30. The van der Waals surface area contributed by atoms with Crippen molar-refractivity contribution in [1.29, 1.82) is 0 Å². The fourth-order valence-corrected chi connectivity index (χ4v) is 2.22. The van der Waals surface area contributed by atoms with E-state index in [2.05, 4.69) is 0 Å². The Morgan fingerprint density at radius 2 is 1.48 bits per heavy atom. The van der Waals surface area contributed by atoms with Crippen LogP contribution in [0, 0.1) is 0 Å². The summed E-state index contributed by atoms with van der Waals surface area (Å²) in [4.78, 5) is 11.6. The molecule has 0 aliphatic rings. The SMILES string of the molecule is CCC(C)OC(=O)/C=C/C(C)Oc1ccc(Oc2ccc(C(F)(F)F)cc2)cc1. The van der Waals surface area contributed by atoms with Gasteiger partial charge in [-0.1, -0.05) is 6.92 Å². The molecule has 0 heterocycles. The Morgan fingerprint density at radius 1 is 0.966 bits per heavy atom. The van der Waals surface area contributed by atoms with Crippen molar-refractivity contribution in [3.05, 3.63) is 66.2 Å². The van der Waals surface area contributed by atoms with E-state index in [0.717, 1.165) is 18.6 Å². The molecule has 0 aliphatic heterocycles. The molecule has 0 saturated carbocycles. The van der Waals surface area contributed by atoms with Crippen LogP contribution < -0.4 is 9.47 Å². The van der Waals surface area contributed by atoms with Crippen molar-refractivity contribution in [1.82, 2.24) is 0 Å². The molecule has 156 valence electrons. The summed E-state index contributed by atoms with van der Waals surface area (Å²) in [6, 6.07) is 11.1. The van der Waals surface area contributed by atoms with Crippen molar-refractivity contribution >= 4 is 5.97 Å². The van der Waals surface area contributed by atoms with Gasteiger partial charge < -0.3 is 14.2 Å². The van der Waals surface area contributed by atoms with E-state index < -0.39 is 17.7 Å². The highest BCUT2D eigenvalue weighted by atomic mass is 19.4. The Kier molecular flexibility index (Phi) is 7.70. The zero-order chi connectivity index (χ0) is 21.4. The van der Waals surface area contributed by atoms with E-state index in [9.17, 15) is 18.0 Å². The normalized spacial score (nSPS) is 13.7. The topological polar surface area (TPSA) is 44.8 Å². The number of rotatable bonds is 8. The lowest BCUT2D eigenvalue weighted by Gasteiger charge is -2.13. The molecule has 2 aromatic rings. The second-order valence-electron chi connectivity index (χ2n) is 6.43. The minimum Gasteiger partial charge on any atom is -0.487 e. The molecule has 0 N–H and O–H groups in total. The van der Waals surface area contributed by atoms with Crippen LogP contribution in [0.1, 0.15) is 32.8 Å². The summed E-state index contributed by atoms with van der Waals surface area (Å²) in [5.41, 5.74) is -0.733. The van der Waals surface area contributed by atoms with Gasteiger partial charge >= 0.3 is 12.1 Å². The minimum atomic E-state index is -4.38. The van der Waals surface area contributed by atoms with E-state index in [4.69, 9.17) is 14.2 Å². The quantitative estimate of drug-likeness (QED) is 0.387. The van der Waals surface area contributed by atoms with Crippen molar-refractivity contribution in [3.8, 4) is 17.2 Å². The number of hydrogen-bond acceptors (Lipinski definition) is 4. The Balaban J connectivity index is 1.89. The van der Waals surface area contributed by atoms with Gasteiger partial charge in [-0.15, -0.1) is 0 Å². The number of esters is 1. The molecule has 0 aliphatic carbocycles. The monoisotopic (exact) mass is 408 g/mol. The zero-order valence-electron chi connectivity index (χ0n) is 16.4. The van der Waals surface area contributed by atoms with Gasteiger partial charge in [0.2, 0.25) is 0 Å². The summed E-state index contributed by atoms with van der Waals surface area (Å²) in [5.74, 6) is 0.882. The number of hydrogen-bond donors (Lipinski definition) is 0. The molecule has 0 aromatic heterocycles. The van der Waals surface area contributed by atoms with Crippen LogP contribution in [0.2, 0.25) is 0 Å². The minimum absolute atomic E-state index is 0.138. The molecule has 4 nitrogen and oxygen atoms in total. The van der Waals surface area contributed by atoms with Crippen LogP contribution in [0.4, 0.5) is 13.2 Å². The smallest absolute Gasteiger partial charge is 0.416 e. The molecule has 2 unspecified atom stereocenters. The second-order valence-corrected chi connectivity index (χ2v) is 6.43. The molecule has 0 spiro atoms. The third kappa shape index (κ3) is 7.52. The summed E-state index contributed by atoms with van der Waals surface area (Å²) in [7, 11) is 0. The molecule has 2 rings (SSSR count). The predicted molar refractivity (Wildman–Crippen MR) is 103 cm³/mol. The van der Waals surface area contributed by atoms with Crippen molar-refractivity contribution in [3.63, 3.8) is 0 Å². The first-order valence-corrected chi connectivity index (χ1v) is 9.18. The molecule has 0 amide bonds. The number of alkyl halides is 3. The Labute approximate surface area is 167 Å². The molecule has 0 saturated heterocycles. The third-order valence-corrected chi connectivity index (χ3v) is 3.96. The summed E-state index contributed by atoms with van der Waals surface area (Å²) >= 11 is 0. The van der Waals surface area contributed by atoms with Crippen molar-refractivity contribution in [2.24, 2.45) is 0 Å². The van der Waals surface area contributed by atoms with E-state index in [0.29, 0.717) is 17.2 Å². The zero-order valence-corrected chi connectivity index (χ0v) is 16.4. The van der Waals surface area contributed by atoms with E-state index in [1.165, 1.54) is 18.2 Å². The molecule has 0 radical (unpaired) electrons. The molecular weight excluding hydrogens is 385 g/mol. The summed E-state index contributed by atoms with van der Waals surface area (Å²) in [6.45, 7) is 5.53. The summed E-state index contributed by atoms with van der Waals surface area (Å²) in [6.07, 6.45) is -1.21. The predicted octanol–water partition coefficient (Wildman–Crippen LogP) is 6.16. The fraction of sp³-hybridized carbons (Fsp3) is 0.318. The van der Waals surface area contributed by atoms with Crippen LogP contribution in [-0.4, -0.2) is 18.2 Å². The van der Waals surface area contributed by atoms with Gasteiger partial charge in [0.25, 0.3) is 0 Å². The van der Waals surface area contributed by atoms with E-state index in [1.807, 2.05) is 13.8 Å². The Bertz CT molecular complexity index is 811. The van der Waals surface area contributed by atoms with E-state index in [1.54, 1.807) is 37.3 Å². The van der Waals surface area contributed by atoms with Gasteiger partial charge in [-0.25, -0.2) is 4.79 Å². The summed E-state index contributed by atoms with van der Waals surface area (Å²) in [5, 5.41) is 0. The average molecular weight is 408 g/mol. The molecule has 2 aromatic carbocycles. The van der Waals surface area contributed by atoms with Crippen molar-refractivity contribution in [2.45, 2.75) is 45.6 Å². The Morgan fingerprint density at radius 3 is 2.00 bits per heavy atom. The van der Waals surface area contributed by atoms with Gasteiger partial charge in [0.05, 0.1) is 11.7 Å². The largest absolute Gasteiger partial charge is 0.487 e. The third-order valence-electron chi connectivity index (χ3n) is 3.96. The number of halogens is 3. The molecular formula is C22H23F3O4. The van der Waals surface area contributed by atoms with E-state index >= 15 is 0 Å². The lowest BCUT2D eigenvalue weighted by atomic mass is 10.2. The van der Waals surface area contributed by atoms with Crippen LogP contribution in [-0.2, 0) is 15.7 Å². The lowest BCUT2D eigenvalue weighted by molar-refractivity contribution is -0.142. The van der Waals surface area contributed by atoms with Gasteiger partial charge in [0.15, 0.2) is 0 Å². The summed E-state index contributed by atoms with van der Waals surface area (Å²) < 4.78 is 54.1. The average Bonchev–Trinajstić information content (AvgIpc) is 2.67. The lowest BCUT2D eigenvalue weighted by Crippen LogP contribution is -2.13. The first-order chi connectivity index (χ1) is 13.7. The molecule has 7 heteroatoms. The first-order valence-electron chi connectivity index (χ1n) is 9.18. The maximum atomic E-state index is 12.6. The number of carbonyl (C=O) groups is 1. The van der Waals surface area contributed by atoms with Gasteiger partial charge in [0, 0.05) is 6.08 Å². The van der Waals surface area contributed by atoms with Gasteiger partial charge in [-0.3, -0.25) is 0 Å². The highest BCUT2D eigenvalue weighted by Crippen LogP contribution is 2.31. The molecule has 0 fully saturated rings. The van der Waals surface area contributed by atoms with Crippen LogP contribution in [0.25, 0.3) is 0 Å². The second kappa shape index (κ2) is 10.0. The van der Waals surface area contributed by atoms with E-state index in [-0.39, 0.29) is 12.2 Å². The molecule has 2 atom stereocenters. The van der Waals surface area contributed by atoms with Gasteiger partial charge in [0.1, 0.15) is 23.4 Å². The van der Waals surface area contributed by atoms with Crippen molar-refractivity contribution in [2.75, 3.05) is 0 Å². The molecule has 0 bridgehead atoms. The van der Waals surface area contributed by atoms with Gasteiger partial charge in [-0.05, 0) is 74.9 Å². The first kappa shape index (κ1) is 22.3. The maximum absolute atomic E-state index is 12.6. The fourth-order valence-electron chi connectivity index (χ4n) is 2.22.